The summed E-state index contributed by atoms with van der Waals surface area (Å²) in [5.74, 6) is 0.105. The average Bonchev–Trinajstić information content (AvgIpc) is 2.62. The average molecular weight is 369 g/mol. The number of carbonyl (C=O) groups excluding carboxylic acids is 1. The molecular formula is C17H27N3O4S. The van der Waals surface area contributed by atoms with Crippen molar-refractivity contribution >= 4 is 15.9 Å². The molecule has 0 radical (unpaired) electrons. The normalized spacial score (nSPS) is 16.3. The van der Waals surface area contributed by atoms with Gasteiger partial charge in [-0.15, -0.1) is 0 Å². The lowest BCUT2D eigenvalue weighted by Crippen LogP contribution is -2.47. The number of hydrogen-bond donors (Lipinski definition) is 0. The van der Waals surface area contributed by atoms with Gasteiger partial charge < -0.3 is 14.5 Å². The van der Waals surface area contributed by atoms with E-state index in [1.807, 2.05) is 7.05 Å². The SMILES string of the molecule is CCN(CC)S(=O)(=O)c1cc(C(=O)N2CCN(C)CC2)ccc1OC. The van der Waals surface area contributed by atoms with Crippen molar-refractivity contribution in [3.63, 3.8) is 0 Å². The highest BCUT2D eigenvalue weighted by molar-refractivity contribution is 7.89. The topological polar surface area (TPSA) is 70.2 Å². The van der Waals surface area contributed by atoms with Crippen LogP contribution in [0.2, 0.25) is 0 Å². The number of benzene rings is 1. The Morgan fingerprint density at radius 3 is 2.28 bits per heavy atom. The van der Waals surface area contributed by atoms with E-state index in [2.05, 4.69) is 4.90 Å². The van der Waals surface area contributed by atoms with Crippen molar-refractivity contribution in [3.05, 3.63) is 23.8 Å². The van der Waals surface area contributed by atoms with Crippen LogP contribution in [0.1, 0.15) is 24.2 Å². The maximum Gasteiger partial charge on any atom is 0.253 e. The second kappa shape index (κ2) is 8.16. The molecule has 1 aromatic rings. The molecule has 25 heavy (non-hydrogen) atoms. The number of hydrogen-bond acceptors (Lipinski definition) is 5. The largest absolute Gasteiger partial charge is 0.495 e. The minimum absolute atomic E-state index is 0.0404. The Labute approximate surface area is 150 Å². The molecule has 1 aliphatic heterocycles. The molecule has 1 aromatic carbocycles. The summed E-state index contributed by atoms with van der Waals surface area (Å²) in [5.41, 5.74) is 0.371. The van der Waals surface area contributed by atoms with Crippen molar-refractivity contribution in [1.29, 1.82) is 0 Å². The first kappa shape index (κ1) is 19.7. The van der Waals surface area contributed by atoms with Gasteiger partial charge in [-0.25, -0.2) is 8.42 Å². The number of sulfonamides is 1. The molecule has 8 heteroatoms. The van der Waals surface area contributed by atoms with Gasteiger partial charge in [0.1, 0.15) is 10.6 Å². The summed E-state index contributed by atoms with van der Waals surface area (Å²) in [6.45, 7) is 7.19. The van der Waals surface area contributed by atoms with Crippen molar-refractivity contribution in [2.24, 2.45) is 0 Å². The van der Waals surface area contributed by atoms with E-state index in [0.29, 0.717) is 31.7 Å². The van der Waals surface area contributed by atoms with Crippen LogP contribution in [0.4, 0.5) is 0 Å². The van der Waals surface area contributed by atoms with E-state index in [4.69, 9.17) is 4.74 Å². The summed E-state index contributed by atoms with van der Waals surface area (Å²) < 4.78 is 32.3. The van der Waals surface area contributed by atoms with Crippen molar-refractivity contribution < 1.29 is 17.9 Å². The smallest absolute Gasteiger partial charge is 0.253 e. The summed E-state index contributed by atoms with van der Waals surface area (Å²) in [6.07, 6.45) is 0. The Hall–Kier alpha value is -1.64. The van der Waals surface area contributed by atoms with Gasteiger partial charge in [-0.1, -0.05) is 13.8 Å². The first-order chi connectivity index (χ1) is 11.8. The van der Waals surface area contributed by atoms with Crippen LogP contribution < -0.4 is 4.74 Å². The maximum atomic E-state index is 12.9. The van der Waals surface area contributed by atoms with Gasteiger partial charge in [-0.2, -0.15) is 4.31 Å². The number of methoxy groups -OCH3 is 1. The molecule has 0 spiro atoms. The Kier molecular flexibility index (Phi) is 6.42. The molecule has 1 heterocycles. The fraction of sp³-hybridized carbons (Fsp3) is 0.588. The predicted molar refractivity (Wildman–Crippen MR) is 96.5 cm³/mol. The van der Waals surface area contributed by atoms with Crippen LogP contribution in [0.5, 0.6) is 5.75 Å². The van der Waals surface area contributed by atoms with Gasteiger partial charge in [0.05, 0.1) is 7.11 Å². The molecule has 0 atom stereocenters. The molecule has 1 saturated heterocycles. The maximum absolute atomic E-state index is 12.9. The predicted octanol–water partition coefficient (Wildman–Crippen LogP) is 1.11. The van der Waals surface area contributed by atoms with Crippen LogP contribution >= 0.6 is 0 Å². The highest BCUT2D eigenvalue weighted by Crippen LogP contribution is 2.28. The van der Waals surface area contributed by atoms with Crippen LogP contribution in [0.15, 0.2) is 23.1 Å². The van der Waals surface area contributed by atoms with Crippen LogP contribution in [-0.2, 0) is 10.0 Å². The third-order valence-electron chi connectivity index (χ3n) is 4.52. The summed E-state index contributed by atoms with van der Waals surface area (Å²) >= 11 is 0. The monoisotopic (exact) mass is 369 g/mol. The van der Waals surface area contributed by atoms with Crippen LogP contribution in [-0.4, -0.2) is 81.9 Å². The second-order valence-electron chi connectivity index (χ2n) is 6.05. The van der Waals surface area contributed by atoms with Crippen molar-refractivity contribution in [1.82, 2.24) is 14.1 Å². The number of ether oxygens (including phenoxy) is 1. The third kappa shape index (κ3) is 4.13. The molecule has 0 bridgehead atoms. The zero-order chi connectivity index (χ0) is 18.6. The molecule has 140 valence electrons. The van der Waals surface area contributed by atoms with Gasteiger partial charge in [-0.3, -0.25) is 4.79 Å². The van der Waals surface area contributed by atoms with Crippen LogP contribution in [0, 0.1) is 0 Å². The fourth-order valence-electron chi connectivity index (χ4n) is 2.91. The minimum atomic E-state index is -3.71. The molecule has 1 fully saturated rings. The molecule has 1 aliphatic rings. The van der Waals surface area contributed by atoms with Gasteiger partial charge in [0.25, 0.3) is 5.91 Å². The Balaban J connectivity index is 2.38. The van der Waals surface area contributed by atoms with Crippen LogP contribution in [0.25, 0.3) is 0 Å². The first-order valence-corrected chi connectivity index (χ1v) is 9.95. The van der Waals surface area contributed by atoms with E-state index >= 15 is 0 Å². The lowest BCUT2D eigenvalue weighted by Gasteiger charge is -2.32. The Morgan fingerprint density at radius 2 is 1.76 bits per heavy atom. The summed E-state index contributed by atoms with van der Waals surface area (Å²) in [6, 6.07) is 4.62. The lowest BCUT2D eigenvalue weighted by atomic mass is 10.1. The summed E-state index contributed by atoms with van der Waals surface area (Å²) in [5, 5.41) is 0. The molecule has 0 aliphatic carbocycles. The Bertz CT molecular complexity index is 709. The van der Waals surface area contributed by atoms with Gasteiger partial charge in [-0.05, 0) is 25.2 Å². The molecule has 0 N–H and O–H groups in total. The van der Waals surface area contributed by atoms with Gasteiger partial charge >= 0.3 is 0 Å². The highest BCUT2D eigenvalue weighted by Gasteiger charge is 2.28. The highest BCUT2D eigenvalue weighted by atomic mass is 32.2. The zero-order valence-corrected chi connectivity index (χ0v) is 16.2. The summed E-state index contributed by atoms with van der Waals surface area (Å²) in [7, 11) is -0.263. The van der Waals surface area contributed by atoms with E-state index in [1.54, 1.807) is 30.9 Å². The van der Waals surface area contributed by atoms with E-state index in [0.717, 1.165) is 13.1 Å². The molecule has 7 nitrogen and oxygen atoms in total. The standard InChI is InChI=1S/C17H27N3O4S/c1-5-20(6-2)25(22,23)16-13-14(7-8-15(16)24-4)17(21)19-11-9-18(3)10-12-19/h7-8,13H,5-6,9-12H2,1-4H3. The van der Waals surface area contributed by atoms with E-state index in [9.17, 15) is 13.2 Å². The van der Waals surface area contributed by atoms with E-state index < -0.39 is 10.0 Å². The minimum Gasteiger partial charge on any atom is -0.495 e. The quantitative estimate of drug-likeness (QED) is 0.751. The third-order valence-corrected chi connectivity index (χ3v) is 6.60. The van der Waals surface area contributed by atoms with Crippen molar-refractivity contribution in [2.75, 3.05) is 53.4 Å². The molecule has 0 aromatic heterocycles. The first-order valence-electron chi connectivity index (χ1n) is 8.51. The number of amides is 1. The molecule has 0 unspecified atom stereocenters. The van der Waals surface area contributed by atoms with Crippen molar-refractivity contribution in [2.45, 2.75) is 18.7 Å². The fourth-order valence-corrected chi connectivity index (χ4v) is 4.55. The number of carbonyl (C=O) groups is 1. The van der Waals surface area contributed by atoms with Crippen molar-refractivity contribution in [3.8, 4) is 5.75 Å². The number of nitrogens with zero attached hydrogens (tertiary/aromatic N) is 3. The van der Waals surface area contributed by atoms with E-state index in [-0.39, 0.29) is 16.6 Å². The molecule has 2 rings (SSSR count). The number of rotatable bonds is 6. The van der Waals surface area contributed by atoms with Gasteiger partial charge in [0.15, 0.2) is 0 Å². The number of likely N-dealkylation sites (N-methyl/N-ethyl adjacent to an activating group) is 1. The van der Waals surface area contributed by atoms with Gasteiger partial charge in [0, 0.05) is 44.8 Å². The van der Waals surface area contributed by atoms with E-state index in [1.165, 1.54) is 17.5 Å². The van der Waals surface area contributed by atoms with Gasteiger partial charge in [0.2, 0.25) is 10.0 Å². The molecular weight excluding hydrogens is 342 g/mol. The number of piperazine rings is 1. The summed E-state index contributed by atoms with van der Waals surface area (Å²) in [4.78, 5) is 16.7. The Morgan fingerprint density at radius 1 is 1.16 bits per heavy atom. The second-order valence-corrected chi connectivity index (χ2v) is 7.96. The van der Waals surface area contributed by atoms with Crippen LogP contribution in [0.3, 0.4) is 0 Å². The lowest BCUT2D eigenvalue weighted by molar-refractivity contribution is 0.0664. The molecule has 1 amide bonds. The zero-order valence-electron chi connectivity index (χ0n) is 15.4. The molecule has 0 saturated carbocycles.